The van der Waals surface area contributed by atoms with E-state index >= 15 is 0 Å². The Kier molecular flexibility index (Phi) is 5.68. The third-order valence-corrected chi connectivity index (χ3v) is 5.07. The van der Waals surface area contributed by atoms with Crippen molar-refractivity contribution in [3.63, 3.8) is 0 Å². The van der Waals surface area contributed by atoms with E-state index in [2.05, 4.69) is 17.2 Å². The first-order valence-electron chi connectivity index (χ1n) is 8.63. The Morgan fingerprint density at radius 2 is 1.96 bits per heavy atom. The Morgan fingerprint density at radius 1 is 1.19 bits per heavy atom. The Hall–Kier alpha value is -2.66. The number of hydrogen-bond donors (Lipinski definition) is 1. The summed E-state index contributed by atoms with van der Waals surface area (Å²) in [4.78, 5) is 18.4. The second kappa shape index (κ2) is 8.15. The molecule has 0 aliphatic heterocycles. The second-order valence-electron chi connectivity index (χ2n) is 6.09. The van der Waals surface area contributed by atoms with E-state index < -0.39 is 0 Å². The minimum Gasteiger partial charge on any atom is -0.497 e. The fraction of sp³-hybridized carbons (Fsp3) is 0.238. The van der Waals surface area contributed by atoms with Gasteiger partial charge in [0.25, 0.3) is 5.91 Å². The number of anilines is 1. The molecule has 0 unspecified atom stereocenters. The van der Waals surface area contributed by atoms with E-state index in [1.165, 1.54) is 4.88 Å². The number of thiazole rings is 1. The van der Waals surface area contributed by atoms with Gasteiger partial charge in [-0.2, -0.15) is 0 Å². The molecule has 4 nitrogen and oxygen atoms in total. The maximum atomic E-state index is 12.5. The zero-order valence-electron chi connectivity index (χ0n) is 15.2. The topological polar surface area (TPSA) is 51.2 Å². The molecule has 0 aliphatic carbocycles. The van der Waals surface area contributed by atoms with E-state index in [1.54, 1.807) is 18.4 Å². The molecule has 1 aromatic heterocycles. The minimum atomic E-state index is -0.133. The van der Waals surface area contributed by atoms with Crippen LogP contribution in [0.3, 0.4) is 0 Å². The molecule has 2 aromatic carbocycles. The number of aromatic nitrogens is 1. The van der Waals surface area contributed by atoms with E-state index in [4.69, 9.17) is 4.74 Å². The van der Waals surface area contributed by atoms with Gasteiger partial charge in [0.1, 0.15) is 5.75 Å². The normalized spacial score (nSPS) is 10.6. The van der Waals surface area contributed by atoms with Gasteiger partial charge in [-0.15, -0.1) is 11.3 Å². The van der Waals surface area contributed by atoms with E-state index in [-0.39, 0.29) is 5.91 Å². The quantitative estimate of drug-likeness (QED) is 0.641. The molecule has 3 aromatic rings. The van der Waals surface area contributed by atoms with Gasteiger partial charge in [0.2, 0.25) is 0 Å². The number of benzene rings is 2. The van der Waals surface area contributed by atoms with E-state index in [0.29, 0.717) is 10.7 Å². The third kappa shape index (κ3) is 4.11. The van der Waals surface area contributed by atoms with Crippen LogP contribution in [-0.4, -0.2) is 18.0 Å². The number of nitrogens with zero attached hydrogens (tertiary/aromatic N) is 1. The summed E-state index contributed by atoms with van der Waals surface area (Å²) in [5.41, 5.74) is 3.66. The second-order valence-corrected chi connectivity index (χ2v) is 7.18. The number of amides is 1. The predicted octanol–water partition coefficient (Wildman–Crippen LogP) is 5.33. The summed E-state index contributed by atoms with van der Waals surface area (Å²) < 4.78 is 5.22. The Bertz CT molecular complexity index is 901. The van der Waals surface area contributed by atoms with Gasteiger partial charge in [-0.25, -0.2) is 4.98 Å². The summed E-state index contributed by atoms with van der Waals surface area (Å²) in [7, 11) is 1.65. The summed E-state index contributed by atoms with van der Waals surface area (Å²) in [5.74, 6) is 0.681. The summed E-state index contributed by atoms with van der Waals surface area (Å²) >= 11 is 1.54. The number of carbonyl (C=O) groups excluding carboxylic acids is 1. The van der Waals surface area contributed by atoms with Crippen molar-refractivity contribution in [1.82, 2.24) is 4.98 Å². The standard InChI is InChI=1S/C21H22N2O2S/c1-4-6-18-19(15-9-11-17(25-3)12-10-15)22-21(26-18)23-20(24)16-8-5-7-14(2)13-16/h5,7-13H,4,6H2,1-3H3,(H,22,23,24). The highest BCUT2D eigenvalue weighted by Crippen LogP contribution is 2.33. The molecule has 0 saturated carbocycles. The van der Waals surface area contributed by atoms with Gasteiger partial charge in [-0.3, -0.25) is 10.1 Å². The lowest BCUT2D eigenvalue weighted by atomic mass is 10.1. The lowest BCUT2D eigenvalue weighted by molar-refractivity contribution is 0.102. The number of ether oxygens (including phenoxy) is 1. The number of rotatable bonds is 6. The number of carbonyl (C=O) groups is 1. The Labute approximate surface area is 157 Å². The smallest absolute Gasteiger partial charge is 0.257 e. The molecule has 3 rings (SSSR count). The molecule has 0 atom stereocenters. The molecule has 5 heteroatoms. The van der Waals surface area contributed by atoms with Crippen LogP contribution in [0.2, 0.25) is 0 Å². The number of nitrogens with one attached hydrogen (secondary N) is 1. The maximum Gasteiger partial charge on any atom is 0.257 e. The first-order valence-corrected chi connectivity index (χ1v) is 9.44. The molecule has 0 spiro atoms. The van der Waals surface area contributed by atoms with Crippen molar-refractivity contribution < 1.29 is 9.53 Å². The van der Waals surface area contributed by atoms with Crippen molar-refractivity contribution in [2.24, 2.45) is 0 Å². The highest BCUT2D eigenvalue weighted by Gasteiger charge is 2.15. The van der Waals surface area contributed by atoms with Gasteiger partial charge < -0.3 is 4.74 Å². The Balaban J connectivity index is 1.87. The van der Waals surface area contributed by atoms with Crippen LogP contribution in [0, 0.1) is 6.92 Å². The fourth-order valence-electron chi connectivity index (χ4n) is 2.73. The van der Waals surface area contributed by atoms with Crippen LogP contribution in [0.15, 0.2) is 48.5 Å². The average molecular weight is 366 g/mol. The van der Waals surface area contributed by atoms with Gasteiger partial charge in [0.15, 0.2) is 5.13 Å². The van der Waals surface area contributed by atoms with Crippen LogP contribution in [0.25, 0.3) is 11.3 Å². The van der Waals surface area contributed by atoms with Crippen molar-refractivity contribution >= 4 is 22.4 Å². The molecule has 26 heavy (non-hydrogen) atoms. The zero-order chi connectivity index (χ0) is 18.5. The summed E-state index contributed by atoms with van der Waals surface area (Å²) in [5, 5.41) is 3.57. The summed E-state index contributed by atoms with van der Waals surface area (Å²) in [6.07, 6.45) is 1.95. The SMILES string of the molecule is CCCc1sc(NC(=O)c2cccc(C)c2)nc1-c1ccc(OC)cc1. The fourth-order valence-corrected chi connectivity index (χ4v) is 3.81. The van der Waals surface area contributed by atoms with Crippen molar-refractivity contribution in [2.75, 3.05) is 12.4 Å². The highest BCUT2D eigenvalue weighted by molar-refractivity contribution is 7.16. The van der Waals surface area contributed by atoms with E-state index in [1.807, 2.05) is 55.5 Å². The monoisotopic (exact) mass is 366 g/mol. The number of methoxy groups -OCH3 is 1. The van der Waals surface area contributed by atoms with Crippen LogP contribution in [0.1, 0.15) is 34.1 Å². The van der Waals surface area contributed by atoms with E-state index in [9.17, 15) is 4.79 Å². The van der Waals surface area contributed by atoms with Gasteiger partial charge in [0.05, 0.1) is 12.8 Å². The van der Waals surface area contributed by atoms with Crippen LogP contribution >= 0.6 is 11.3 Å². The van der Waals surface area contributed by atoms with Crippen LogP contribution < -0.4 is 10.1 Å². The summed E-state index contributed by atoms with van der Waals surface area (Å²) in [6, 6.07) is 15.4. The van der Waals surface area contributed by atoms with Crippen molar-refractivity contribution in [1.29, 1.82) is 0 Å². The first kappa shape index (κ1) is 18.1. The summed E-state index contributed by atoms with van der Waals surface area (Å²) in [6.45, 7) is 4.11. The van der Waals surface area contributed by atoms with Crippen LogP contribution in [-0.2, 0) is 6.42 Å². The molecular formula is C21H22N2O2S. The van der Waals surface area contributed by atoms with Gasteiger partial charge in [0, 0.05) is 16.0 Å². The maximum absolute atomic E-state index is 12.5. The zero-order valence-corrected chi connectivity index (χ0v) is 16.0. The lowest BCUT2D eigenvalue weighted by Crippen LogP contribution is -2.11. The molecule has 1 N–H and O–H groups in total. The van der Waals surface area contributed by atoms with Crippen molar-refractivity contribution in [3.8, 4) is 17.0 Å². The molecule has 0 radical (unpaired) electrons. The predicted molar refractivity (Wildman–Crippen MR) is 107 cm³/mol. The van der Waals surface area contributed by atoms with Gasteiger partial charge in [-0.1, -0.05) is 31.0 Å². The molecule has 0 aliphatic rings. The van der Waals surface area contributed by atoms with Gasteiger partial charge >= 0.3 is 0 Å². The Morgan fingerprint density at radius 3 is 2.62 bits per heavy atom. The molecule has 0 bridgehead atoms. The van der Waals surface area contributed by atoms with Crippen LogP contribution in [0.5, 0.6) is 5.75 Å². The number of hydrogen-bond acceptors (Lipinski definition) is 4. The molecular weight excluding hydrogens is 344 g/mol. The first-order chi connectivity index (χ1) is 12.6. The van der Waals surface area contributed by atoms with Gasteiger partial charge in [-0.05, 0) is 49.7 Å². The number of aryl methyl sites for hydroxylation is 2. The van der Waals surface area contributed by atoms with Crippen molar-refractivity contribution in [3.05, 3.63) is 64.5 Å². The van der Waals surface area contributed by atoms with Crippen LogP contribution in [0.4, 0.5) is 5.13 Å². The van der Waals surface area contributed by atoms with Crippen molar-refractivity contribution in [2.45, 2.75) is 26.7 Å². The molecule has 134 valence electrons. The largest absolute Gasteiger partial charge is 0.497 e. The third-order valence-electron chi connectivity index (χ3n) is 4.04. The van der Waals surface area contributed by atoms with E-state index in [0.717, 1.165) is 35.4 Å². The minimum absolute atomic E-state index is 0.133. The highest BCUT2D eigenvalue weighted by atomic mass is 32.1. The molecule has 1 heterocycles. The lowest BCUT2D eigenvalue weighted by Gasteiger charge is -2.03. The molecule has 0 fully saturated rings. The average Bonchev–Trinajstić information content (AvgIpc) is 3.04. The molecule has 0 saturated heterocycles. The molecule has 1 amide bonds.